The molecule has 0 amide bonds. The number of esters is 1. The van der Waals surface area contributed by atoms with E-state index in [1.807, 2.05) is 0 Å². The summed E-state index contributed by atoms with van der Waals surface area (Å²) in [5.41, 5.74) is -0.00683. The van der Waals surface area contributed by atoms with Gasteiger partial charge in [-0.1, -0.05) is 43.7 Å². The number of aromatic amines is 1. The number of nitrogens with zero attached hydrogens (tertiary/aromatic N) is 1. The summed E-state index contributed by atoms with van der Waals surface area (Å²) >= 11 is 5.81. The minimum Gasteiger partial charge on any atom is -0.469 e. The lowest BCUT2D eigenvalue weighted by Crippen LogP contribution is -2.30. The Balaban J connectivity index is 2.07. The van der Waals surface area contributed by atoms with Gasteiger partial charge < -0.3 is 10.1 Å². The van der Waals surface area contributed by atoms with Crippen molar-refractivity contribution in [3.63, 3.8) is 0 Å². The van der Waals surface area contributed by atoms with Crippen molar-refractivity contribution in [2.45, 2.75) is 51.0 Å². The van der Waals surface area contributed by atoms with E-state index >= 15 is 0 Å². The molecule has 0 aromatic carbocycles. The van der Waals surface area contributed by atoms with Crippen LogP contribution in [-0.2, 0) is 9.53 Å². The number of rotatable bonds is 6. The number of halogens is 1. The van der Waals surface area contributed by atoms with Gasteiger partial charge in [0.15, 0.2) is 5.15 Å². The quantitative estimate of drug-likeness (QED) is 0.785. The molecule has 1 aliphatic carbocycles. The van der Waals surface area contributed by atoms with Crippen LogP contribution in [0.4, 0.5) is 5.69 Å². The lowest BCUT2D eigenvalue weighted by atomic mass is 9.84. The highest BCUT2D eigenvalue weighted by Gasteiger charge is 2.22. The van der Waals surface area contributed by atoms with Crippen LogP contribution in [0.5, 0.6) is 0 Å². The minimum atomic E-state index is -0.345. The number of methoxy groups -OCH3 is 1. The van der Waals surface area contributed by atoms with E-state index in [9.17, 15) is 9.59 Å². The zero-order chi connectivity index (χ0) is 15.9. The van der Waals surface area contributed by atoms with Crippen LogP contribution >= 0.6 is 11.6 Å². The number of hydrogen-bond donors (Lipinski definition) is 2. The Morgan fingerprint density at radius 3 is 2.91 bits per heavy atom. The van der Waals surface area contributed by atoms with Gasteiger partial charge in [0.25, 0.3) is 5.56 Å². The molecule has 0 unspecified atom stereocenters. The molecule has 0 radical (unpaired) electrons. The molecule has 0 bridgehead atoms. The summed E-state index contributed by atoms with van der Waals surface area (Å²) < 4.78 is 4.76. The Morgan fingerprint density at radius 2 is 2.23 bits per heavy atom. The van der Waals surface area contributed by atoms with Gasteiger partial charge in [0.05, 0.1) is 13.5 Å². The van der Waals surface area contributed by atoms with Gasteiger partial charge in [0.1, 0.15) is 5.69 Å². The fourth-order valence-corrected chi connectivity index (χ4v) is 3.16. The lowest BCUT2D eigenvalue weighted by molar-refractivity contribution is -0.140. The standard InChI is InChI=1S/C15H22ClN3O3/c1-22-14(20)8-11(7-10-5-3-2-4-6-10)17-12-9-13(16)18-19-15(12)21/h9-11H,2-8H2,1H3,(H,17,18)(H,19,21)/t11-/m1/s1. The highest BCUT2D eigenvalue weighted by atomic mass is 35.5. The van der Waals surface area contributed by atoms with Gasteiger partial charge in [-0.25, -0.2) is 5.10 Å². The van der Waals surface area contributed by atoms with E-state index < -0.39 is 0 Å². The van der Waals surface area contributed by atoms with Crippen molar-refractivity contribution in [3.05, 3.63) is 21.6 Å². The van der Waals surface area contributed by atoms with E-state index in [-0.39, 0.29) is 29.1 Å². The second kappa shape index (κ2) is 8.17. The van der Waals surface area contributed by atoms with Crippen LogP contribution in [0.25, 0.3) is 0 Å². The summed E-state index contributed by atoms with van der Waals surface area (Å²) in [6.45, 7) is 0. The maximum Gasteiger partial charge on any atom is 0.307 e. The van der Waals surface area contributed by atoms with E-state index in [0.717, 1.165) is 6.42 Å². The molecule has 1 aromatic heterocycles. The number of aromatic nitrogens is 2. The molecule has 1 saturated carbocycles. The van der Waals surface area contributed by atoms with E-state index in [0.29, 0.717) is 11.6 Å². The van der Waals surface area contributed by atoms with Crippen LogP contribution in [-0.4, -0.2) is 29.3 Å². The molecule has 6 nitrogen and oxygen atoms in total. The highest BCUT2D eigenvalue weighted by molar-refractivity contribution is 6.29. The molecule has 1 fully saturated rings. The topological polar surface area (TPSA) is 84.1 Å². The van der Waals surface area contributed by atoms with E-state index in [1.54, 1.807) is 0 Å². The first-order valence-corrected chi connectivity index (χ1v) is 8.05. The molecule has 0 spiro atoms. The molecule has 0 saturated heterocycles. The first-order chi connectivity index (χ1) is 10.6. The van der Waals surface area contributed by atoms with Crippen molar-refractivity contribution in [2.24, 2.45) is 5.92 Å². The van der Waals surface area contributed by atoms with Crippen molar-refractivity contribution in [1.82, 2.24) is 10.2 Å². The summed E-state index contributed by atoms with van der Waals surface area (Å²) in [5.74, 6) is 0.289. The molecule has 2 rings (SSSR count). The van der Waals surface area contributed by atoms with Crippen LogP contribution in [0, 0.1) is 5.92 Å². The molecular formula is C15H22ClN3O3. The number of hydrogen-bond acceptors (Lipinski definition) is 5. The Labute approximate surface area is 134 Å². The van der Waals surface area contributed by atoms with Crippen LogP contribution in [0.2, 0.25) is 5.15 Å². The van der Waals surface area contributed by atoms with Gasteiger partial charge in [-0.2, -0.15) is 5.10 Å². The highest BCUT2D eigenvalue weighted by Crippen LogP contribution is 2.28. The van der Waals surface area contributed by atoms with Crippen LogP contribution in [0.1, 0.15) is 44.9 Å². The number of carbonyl (C=O) groups excluding carboxylic acids is 1. The molecule has 122 valence electrons. The average molecular weight is 328 g/mol. The molecule has 22 heavy (non-hydrogen) atoms. The molecule has 0 aliphatic heterocycles. The maximum absolute atomic E-state index is 11.8. The van der Waals surface area contributed by atoms with Gasteiger partial charge in [0.2, 0.25) is 0 Å². The van der Waals surface area contributed by atoms with E-state index in [2.05, 4.69) is 15.5 Å². The second-order valence-corrected chi connectivity index (χ2v) is 6.18. The van der Waals surface area contributed by atoms with Crippen molar-refractivity contribution in [2.75, 3.05) is 12.4 Å². The summed E-state index contributed by atoms with van der Waals surface area (Å²) in [6, 6.07) is 1.33. The normalized spacial score (nSPS) is 17.0. The summed E-state index contributed by atoms with van der Waals surface area (Å²) in [6.07, 6.45) is 7.17. The first-order valence-electron chi connectivity index (χ1n) is 7.67. The first kappa shape index (κ1) is 16.8. The Bertz CT molecular complexity index is 555. The fourth-order valence-electron chi connectivity index (χ4n) is 3.01. The largest absolute Gasteiger partial charge is 0.469 e. The van der Waals surface area contributed by atoms with Crippen LogP contribution in [0.15, 0.2) is 10.9 Å². The smallest absolute Gasteiger partial charge is 0.307 e. The molecule has 1 heterocycles. The van der Waals surface area contributed by atoms with E-state index in [4.69, 9.17) is 16.3 Å². The predicted molar refractivity (Wildman–Crippen MR) is 85.1 cm³/mol. The molecule has 1 aliphatic rings. The van der Waals surface area contributed by atoms with E-state index in [1.165, 1.54) is 45.3 Å². The molecule has 1 atom stereocenters. The molecule has 2 N–H and O–H groups in total. The summed E-state index contributed by atoms with van der Waals surface area (Å²) in [7, 11) is 1.37. The molecule has 7 heteroatoms. The molecule has 1 aromatic rings. The zero-order valence-electron chi connectivity index (χ0n) is 12.7. The maximum atomic E-state index is 11.8. The lowest BCUT2D eigenvalue weighted by Gasteiger charge is -2.27. The minimum absolute atomic E-state index is 0.143. The number of H-pyrrole nitrogens is 1. The van der Waals surface area contributed by atoms with Crippen molar-refractivity contribution in [1.29, 1.82) is 0 Å². The number of nitrogens with one attached hydrogen (secondary N) is 2. The summed E-state index contributed by atoms with van der Waals surface area (Å²) in [4.78, 5) is 23.4. The van der Waals surface area contributed by atoms with Crippen LogP contribution < -0.4 is 10.9 Å². The number of ether oxygens (including phenoxy) is 1. The summed E-state index contributed by atoms with van der Waals surface area (Å²) in [5, 5.41) is 9.30. The van der Waals surface area contributed by atoms with Gasteiger partial charge in [-0.15, -0.1) is 0 Å². The predicted octanol–water partition coefficient (Wildman–Crippen LogP) is 2.74. The van der Waals surface area contributed by atoms with Gasteiger partial charge in [-0.05, 0) is 12.3 Å². The number of anilines is 1. The average Bonchev–Trinajstić information content (AvgIpc) is 2.51. The Kier molecular flexibility index (Phi) is 6.24. The second-order valence-electron chi connectivity index (χ2n) is 5.79. The Hall–Kier alpha value is -1.56. The Morgan fingerprint density at radius 1 is 1.50 bits per heavy atom. The van der Waals surface area contributed by atoms with Crippen LogP contribution in [0.3, 0.4) is 0 Å². The fraction of sp³-hybridized carbons (Fsp3) is 0.667. The van der Waals surface area contributed by atoms with Gasteiger partial charge in [0, 0.05) is 12.1 Å². The van der Waals surface area contributed by atoms with Gasteiger partial charge in [-0.3, -0.25) is 9.59 Å². The third-order valence-electron chi connectivity index (χ3n) is 4.12. The number of carbonyl (C=O) groups is 1. The third kappa shape index (κ3) is 5.02. The van der Waals surface area contributed by atoms with Gasteiger partial charge >= 0.3 is 5.97 Å². The van der Waals surface area contributed by atoms with Crippen molar-refractivity contribution < 1.29 is 9.53 Å². The molecular weight excluding hydrogens is 306 g/mol. The SMILES string of the molecule is COC(=O)C[C@@H](CC1CCCCC1)Nc1cc(Cl)n[nH]c1=O. The zero-order valence-corrected chi connectivity index (χ0v) is 13.5. The van der Waals surface area contributed by atoms with Crippen molar-refractivity contribution >= 4 is 23.3 Å². The monoisotopic (exact) mass is 327 g/mol. The van der Waals surface area contributed by atoms with Crippen molar-refractivity contribution in [3.8, 4) is 0 Å². The third-order valence-corrected chi connectivity index (χ3v) is 4.31.